The molecular formula is C16H18INO. The van der Waals surface area contributed by atoms with E-state index >= 15 is 0 Å². The molecule has 2 aromatic rings. The van der Waals surface area contributed by atoms with Crippen molar-refractivity contribution in [2.75, 3.05) is 0 Å². The number of hydrogen-bond acceptors (Lipinski definition) is 2. The van der Waals surface area contributed by atoms with Crippen LogP contribution in [-0.2, 0) is 6.54 Å². The Kier molecular flexibility index (Phi) is 5.22. The molecule has 2 rings (SSSR count). The van der Waals surface area contributed by atoms with Crippen molar-refractivity contribution in [2.45, 2.75) is 26.4 Å². The topological polar surface area (TPSA) is 21.3 Å². The van der Waals surface area contributed by atoms with Gasteiger partial charge in [0, 0.05) is 18.2 Å². The third kappa shape index (κ3) is 4.21. The monoisotopic (exact) mass is 367 g/mol. The van der Waals surface area contributed by atoms with E-state index in [-0.39, 0.29) is 0 Å². The summed E-state index contributed by atoms with van der Waals surface area (Å²) in [5, 5.41) is 3.42. The van der Waals surface area contributed by atoms with Gasteiger partial charge in [-0.2, -0.15) is 0 Å². The summed E-state index contributed by atoms with van der Waals surface area (Å²) in [4.78, 5) is 0. The van der Waals surface area contributed by atoms with Crippen molar-refractivity contribution >= 4 is 22.6 Å². The maximum absolute atomic E-state index is 6.03. The molecule has 0 aliphatic rings. The fourth-order valence-corrected chi connectivity index (χ4v) is 2.21. The summed E-state index contributed by atoms with van der Waals surface area (Å²) in [5.74, 6) is 1.82. The SMILES string of the molecule is CC(C)NCc1ccccc1Oc1ccccc1I. The van der Waals surface area contributed by atoms with Crippen LogP contribution in [0.2, 0.25) is 0 Å². The number of benzene rings is 2. The highest BCUT2D eigenvalue weighted by molar-refractivity contribution is 14.1. The standard InChI is InChI=1S/C16H18INO/c1-12(2)18-11-13-7-3-5-9-15(13)19-16-10-6-4-8-14(16)17/h3-10,12,18H,11H2,1-2H3. The second kappa shape index (κ2) is 6.91. The van der Waals surface area contributed by atoms with Gasteiger partial charge in [0.15, 0.2) is 0 Å². The van der Waals surface area contributed by atoms with Gasteiger partial charge in [-0.15, -0.1) is 0 Å². The minimum Gasteiger partial charge on any atom is -0.456 e. The second-order valence-electron chi connectivity index (χ2n) is 4.68. The average molecular weight is 367 g/mol. The van der Waals surface area contributed by atoms with Crippen LogP contribution in [0.5, 0.6) is 11.5 Å². The molecule has 3 heteroatoms. The minimum absolute atomic E-state index is 0.463. The van der Waals surface area contributed by atoms with Gasteiger partial charge in [-0.1, -0.05) is 44.2 Å². The van der Waals surface area contributed by atoms with Crippen molar-refractivity contribution < 1.29 is 4.74 Å². The molecule has 0 fully saturated rings. The van der Waals surface area contributed by atoms with Gasteiger partial charge in [-0.05, 0) is 40.8 Å². The van der Waals surface area contributed by atoms with Crippen LogP contribution in [0.25, 0.3) is 0 Å². The van der Waals surface area contributed by atoms with Gasteiger partial charge in [-0.3, -0.25) is 0 Å². The Balaban J connectivity index is 2.18. The average Bonchev–Trinajstić information content (AvgIpc) is 2.40. The fraction of sp³-hybridized carbons (Fsp3) is 0.250. The van der Waals surface area contributed by atoms with E-state index in [0.717, 1.165) is 21.6 Å². The van der Waals surface area contributed by atoms with Crippen LogP contribution in [0.15, 0.2) is 48.5 Å². The van der Waals surface area contributed by atoms with E-state index in [1.807, 2.05) is 42.5 Å². The Morgan fingerprint density at radius 3 is 2.32 bits per heavy atom. The second-order valence-corrected chi connectivity index (χ2v) is 5.84. The normalized spacial score (nSPS) is 10.7. The summed E-state index contributed by atoms with van der Waals surface area (Å²) >= 11 is 2.29. The van der Waals surface area contributed by atoms with Crippen molar-refractivity contribution in [3.63, 3.8) is 0 Å². The number of nitrogens with one attached hydrogen (secondary N) is 1. The lowest BCUT2D eigenvalue weighted by molar-refractivity contribution is 0.466. The summed E-state index contributed by atoms with van der Waals surface area (Å²) in [6.45, 7) is 5.10. The summed E-state index contributed by atoms with van der Waals surface area (Å²) < 4.78 is 7.14. The molecule has 0 atom stereocenters. The summed E-state index contributed by atoms with van der Waals surface area (Å²) in [7, 11) is 0. The highest BCUT2D eigenvalue weighted by atomic mass is 127. The van der Waals surface area contributed by atoms with Crippen LogP contribution < -0.4 is 10.1 Å². The third-order valence-electron chi connectivity index (χ3n) is 2.73. The summed E-state index contributed by atoms with van der Waals surface area (Å²) in [5.41, 5.74) is 1.18. The number of halogens is 1. The van der Waals surface area contributed by atoms with Crippen molar-refractivity contribution in [1.29, 1.82) is 0 Å². The van der Waals surface area contributed by atoms with Gasteiger partial charge in [0.2, 0.25) is 0 Å². The van der Waals surface area contributed by atoms with Gasteiger partial charge in [0.05, 0.1) is 3.57 Å². The molecular weight excluding hydrogens is 349 g/mol. The Morgan fingerprint density at radius 1 is 1.00 bits per heavy atom. The number of rotatable bonds is 5. The molecule has 0 radical (unpaired) electrons. The smallest absolute Gasteiger partial charge is 0.140 e. The molecule has 2 aromatic carbocycles. The van der Waals surface area contributed by atoms with Gasteiger partial charge in [0.25, 0.3) is 0 Å². The molecule has 100 valence electrons. The molecule has 0 aromatic heterocycles. The fourth-order valence-electron chi connectivity index (χ4n) is 1.71. The molecule has 0 spiro atoms. The van der Waals surface area contributed by atoms with E-state index in [1.54, 1.807) is 0 Å². The molecule has 0 aliphatic carbocycles. The predicted molar refractivity (Wildman–Crippen MR) is 87.7 cm³/mol. The Labute approximate surface area is 128 Å². The molecule has 0 bridgehead atoms. The molecule has 0 aliphatic heterocycles. The first kappa shape index (κ1) is 14.3. The van der Waals surface area contributed by atoms with Crippen LogP contribution in [0, 0.1) is 3.57 Å². The first-order chi connectivity index (χ1) is 9.16. The van der Waals surface area contributed by atoms with Crippen LogP contribution >= 0.6 is 22.6 Å². The van der Waals surface area contributed by atoms with Gasteiger partial charge in [-0.25, -0.2) is 0 Å². The highest BCUT2D eigenvalue weighted by Crippen LogP contribution is 2.28. The zero-order chi connectivity index (χ0) is 13.7. The molecule has 2 nitrogen and oxygen atoms in total. The zero-order valence-corrected chi connectivity index (χ0v) is 13.3. The van der Waals surface area contributed by atoms with E-state index in [0.29, 0.717) is 6.04 Å². The molecule has 0 amide bonds. The molecule has 0 unspecified atom stereocenters. The van der Waals surface area contributed by atoms with Crippen molar-refractivity contribution in [3.8, 4) is 11.5 Å². The predicted octanol–water partition coefficient (Wildman–Crippen LogP) is 4.58. The van der Waals surface area contributed by atoms with E-state index in [9.17, 15) is 0 Å². The Hall–Kier alpha value is -1.07. The summed E-state index contributed by atoms with van der Waals surface area (Å²) in [6, 6.07) is 16.7. The molecule has 0 saturated heterocycles. The van der Waals surface area contributed by atoms with Crippen molar-refractivity contribution in [2.24, 2.45) is 0 Å². The molecule has 0 saturated carbocycles. The Bertz CT molecular complexity index is 540. The first-order valence-corrected chi connectivity index (χ1v) is 7.48. The van der Waals surface area contributed by atoms with E-state index < -0.39 is 0 Å². The summed E-state index contributed by atoms with van der Waals surface area (Å²) in [6.07, 6.45) is 0. The maximum Gasteiger partial charge on any atom is 0.140 e. The van der Waals surface area contributed by atoms with Crippen LogP contribution in [0.3, 0.4) is 0 Å². The first-order valence-electron chi connectivity index (χ1n) is 6.40. The quantitative estimate of drug-likeness (QED) is 0.781. The zero-order valence-electron chi connectivity index (χ0n) is 11.2. The maximum atomic E-state index is 6.03. The van der Waals surface area contributed by atoms with E-state index in [4.69, 9.17) is 4.74 Å². The molecule has 19 heavy (non-hydrogen) atoms. The van der Waals surface area contributed by atoms with Gasteiger partial charge < -0.3 is 10.1 Å². The number of para-hydroxylation sites is 2. The molecule has 0 heterocycles. The minimum atomic E-state index is 0.463. The van der Waals surface area contributed by atoms with Crippen molar-refractivity contribution in [3.05, 3.63) is 57.7 Å². The van der Waals surface area contributed by atoms with Gasteiger partial charge >= 0.3 is 0 Å². The number of ether oxygens (including phenoxy) is 1. The van der Waals surface area contributed by atoms with Gasteiger partial charge in [0.1, 0.15) is 11.5 Å². The van der Waals surface area contributed by atoms with E-state index in [2.05, 4.69) is 47.8 Å². The van der Waals surface area contributed by atoms with E-state index in [1.165, 1.54) is 5.56 Å². The van der Waals surface area contributed by atoms with Crippen LogP contribution in [-0.4, -0.2) is 6.04 Å². The largest absolute Gasteiger partial charge is 0.456 e. The lowest BCUT2D eigenvalue weighted by atomic mass is 10.2. The lowest BCUT2D eigenvalue weighted by Crippen LogP contribution is -2.22. The highest BCUT2D eigenvalue weighted by Gasteiger charge is 2.06. The lowest BCUT2D eigenvalue weighted by Gasteiger charge is -2.14. The molecule has 1 N–H and O–H groups in total. The number of hydrogen-bond donors (Lipinski definition) is 1. The van der Waals surface area contributed by atoms with Crippen molar-refractivity contribution in [1.82, 2.24) is 5.32 Å². The van der Waals surface area contributed by atoms with Crippen LogP contribution in [0.4, 0.5) is 0 Å². The van der Waals surface area contributed by atoms with Crippen LogP contribution in [0.1, 0.15) is 19.4 Å². The third-order valence-corrected chi connectivity index (χ3v) is 3.62. The Morgan fingerprint density at radius 2 is 1.63 bits per heavy atom.